The molecule has 2 aliphatic rings. The number of rotatable bonds is 1. The third-order valence-corrected chi connectivity index (χ3v) is 3.68. The molecule has 0 radical (unpaired) electrons. The second kappa shape index (κ2) is 4.14. The third-order valence-electron chi connectivity index (χ3n) is 3.68. The van der Waals surface area contributed by atoms with Crippen molar-refractivity contribution in [1.82, 2.24) is 4.98 Å². The molecular weight excluding hydrogens is 252 g/mol. The summed E-state index contributed by atoms with van der Waals surface area (Å²) in [4.78, 5) is 8.72. The van der Waals surface area contributed by atoms with Crippen LogP contribution in [0, 0.1) is 11.3 Å². The van der Waals surface area contributed by atoms with Crippen molar-refractivity contribution >= 4 is 17.2 Å². The van der Waals surface area contributed by atoms with Gasteiger partial charge in [-0.3, -0.25) is 0 Å². The van der Waals surface area contributed by atoms with Gasteiger partial charge in [-0.15, -0.1) is 0 Å². The maximum absolute atomic E-state index is 9.38. The van der Waals surface area contributed by atoms with Crippen molar-refractivity contribution in [3.8, 4) is 11.8 Å². The maximum Gasteiger partial charge on any atom is 0.144 e. The van der Waals surface area contributed by atoms with Crippen LogP contribution >= 0.6 is 0 Å². The Hall–Kier alpha value is -2.74. The van der Waals surface area contributed by atoms with Gasteiger partial charge >= 0.3 is 0 Å². The first-order valence-electron chi connectivity index (χ1n) is 6.52. The molecule has 4 rings (SSSR count). The molecule has 5 nitrogen and oxygen atoms in total. The summed E-state index contributed by atoms with van der Waals surface area (Å²) in [7, 11) is 0. The smallest absolute Gasteiger partial charge is 0.144 e. The number of nitrogens with zero attached hydrogens (tertiary/aromatic N) is 4. The van der Waals surface area contributed by atoms with Gasteiger partial charge in [0, 0.05) is 6.20 Å². The molecule has 5 heteroatoms. The molecule has 0 saturated heterocycles. The number of aromatic nitrogens is 1. The molecule has 0 amide bonds. The summed E-state index contributed by atoms with van der Waals surface area (Å²) in [5.74, 6) is 1.70. The molecular formula is C15H12N4O. The number of nitriles is 1. The van der Waals surface area contributed by atoms with Crippen LogP contribution in [0.15, 0.2) is 36.5 Å². The van der Waals surface area contributed by atoms with Crippen molar-refractivity contribution in [1.29, 1.82) is 5.26 Å². The zero-order valence-electron chi connectivity index (χ0n) is 10.8. The lowest BCUT2D eigenvalue weighted by molar-refractivity contribution is 0.310. The van der Waals surface area contributed by atoms with Crippen molar-refractivity contribution in [3.05, 3.63) is 42.1 Å². The molecule has 20 heavy (non-hydrogen) atoms. The minimum Gasteiger partial charge on any atom is -0.489 e. The summed E-state index contributed by atoms with van der Waals surface area (Å²) >= 11 is 0. The number of ether oxygens (including phenoxy) is 1. The van der Waals surface area contributed by atoms with Crippen LogP contribution in [0.4, 0.5) is 17.2 Å². The fourth-order valence-electron chi connectivity index (χ4n) is 2.81. The van der Waals surface area contributed by atoms with Crippen molar-refractivity contribution < 1.29 is 4.74 Å². The number of hydrogen-bond acceptors (Lipinski definition) is 5. The Morgan fingerprint density at radius 3 is 2.95 bits per heavy atom. The van der Waals surface area contributed by atoms with Crippen molar-refractivity contribution in [2.75, 3.05) is 29.6 Å². The molecule has 0 saturated carbocycles. The summed E-state index contributed by atoms with van der Waals surface area (Å²) in [5.41, 5.74) is 2.58. The molecule has 0 N–H and O–H groups in total. The van der Waals surface area contributed by atoms with Gasteiger partial charge in [-0.25, -0.2) is 4.98 Å². The van der Waals surface area contributed by atoms with Crippen molar-refractivity contribution in [3.63, 3.8) is 0 Å². The highest BCUT2D eigenvalue weighted by Crippen LogP contribution is 2.48. The Labute approximate surface area is 116 Å². The molecule has 3 heterocycles. The van der Waals surface area contributed by atoms with Crippen LogP contribution in [0.5, 0.6) is 5.75 Å². The maximum atomic E-state index is 9.38. The van der Waals surface area contributed by atoms with E-state index >= 15 is 0 Å². The van der Waals surface area contributed by atoms with E-state index in [9.17, 15) is 5.26 Å². The largest absolute Gasteiger partial charge is 0.489 e. The number of anilines is 3. The van der Waals surface area contributed by atoms with Crippen LogP contribution in [0.2, 0.25) is 0 Å². The molecule has 2 aliphatic heterocycles. The van der Waals surface area contributed by atoms with Crippen molar-refractivity contribution in [2.24, 2.45) is 0 Å². The predicted octanol–water partition coefficient (Wildman–Crippen LogP) is 2.26. The van der Waals surface area contributed by atoms with E-state index in [1.165, 1.54) is 0 Å². The average molecular weight is 264 g/mol. The average Bonchev–Trinajstić information content (AvgIpc) is 2.91. The van der Waals surface area contributed by atoms with Gasteiger partial charge in [0.1, 0.15) is 29.9 Å². The second-order valence-electron chi connectivity index (χ2n) is 4.79. The van der Waals surface area contributed by atoms with Gasteiger partial charge in [-0.05, 0) is 24.3 Å². The van der Waals surface area contributed by atoms with E-state index in [0.29, 0.717) is 18.8 Å². The Kier molecular flexibility index (Phi) is 2.30. The van der Waals surface area contributed by atoms with Gasteiger partial charge in [-0.2, -0.15) is 5.26 Å². The van der Waals surface area contributed by atoms with E-state index in [4.69, 9.17) is 4.74 Å². The van der Waals surface area contributed by atoms with E-state index in [1.807, 2.05) is 30.3 Å². The first-order valence-corrected chi connectivity index (χ1v) is 6.52. The lowest BCUT2D eigenvalue weighted by atomic mass is 10.1. The summed E-state index contributed by atoms with van der Waals surface area (Å²) in [6, 6.07) is 11.8. The fraction of sp³-hybridized carbons (Fsp3) is 0.200. The Balaban J connectivity index is 1.94. The van der Waals surface area contributed by atoms with E-state index in [2.05, 4.69) is 20.9 Å². The van der Waals surface area contributed by atoms with Crippen LogP contribution in [-0.4, -0.2) is 24.8 Å². The minimum atomic E-state index is 0.655. The van der Waals surface area contributed by atoms with E-state index in [0.717, 1.165) is 29.5 Å². The molecule has 1 aromatic heterocycles. The van der Waals surface area contributed by atoms with Crippen LogP contribution in [0.1, 0.15) is 5.56 Å². The highest BCUT2D eigenvalue weighted by atomic mass is 16.5. The minimum absolute atomic E-state index is 0.655. The fourth-order valence-corrected chi connectivity index (χ4v) is 2.81. The monoisotopic (exact) mass is 264 g/mol. The van der Waals surface area contributed by atoms with Crippen LogP contribution in [0.3, 0.4) is 0 Å². The SMILES string of the molecule is N#Cc1ccc2c3c1N(c1ccccn1)CN3CCO2. The Morgan fingerprint density at radius 2 is 2.15 bits per heavy atom. The van der Waals surface area contributed by atoms with E-state index in [-0.39, 0.29) is 0 Å². The highest BCUT2D eigenvalue weighted by molar-refractivity contribution is 5.90. The van der Waals surface area contributed by atoms with Gasteiger partial charge in [0.15, 0.2) is 0 Å². The Morgan fingerprint density at radius 1 is 1.20 bits per heavy atom. The molecule has 2 aromatic rings. The standard InChI is InChI=1S/C15H12N4O/c16-9-11-4-5-12-15-14(11)19(10-18(15)7-8-20-12)13-3-1-2-6-17-13/h1-6H,7-8,10H2. The summed E-state index contributed by atoms with van der Waals surface area (Å²) in [6.45, 7) is 2.22. The molecule has 0 atom stereocenters. The zero-order chi connectivity index (χ0) is 13.5. The molecule has 98 valence electrons. The number of hydrogen-bond donors (Lipinski definition) is 0. The quantitative estimate of drug-likeness (QED) is 0.790. The number of benzene rings is 1. The van der Waals surface area contributed by atoms with E-state index < -0.39 is 0 Å². The van der Waals surface area contributed by atoms with Crippen LogP contribution in [-0.2, 0) is 0 Å². The molecule has 0 bridgehead atoms. The summed E-state index contributed by atoms with van der Waals surface area (Å²) in [5, 5.41) is 9.38. The molecule has 0 unspecified atom stereocenters. The first-order chi connectivity index (χ1) is 9.88. The molecule has 0 aliphatic carbocycles. The Bertz CT molecular complexity index is 708. The lowest BCUT2D eigenvalue weighted by Crippen LogP contribution is -2.34. The van der Waals surface area contributed by atoms with Gasteiger partial charge < -0.3 is 14.5 Å². The summed E-state index contributed by atoms with van der Waals surface area (Å²) in [6.07, 6.45) is 1.77. The topological polar surface area (TPSA) is 52.4 Å². The van der Waals surface area contributed by atoms with Gasteiger partial charge in [0.25, 0.3) is 0 Å². The van der Waals surface area contributed by atoms with E-state index in [1.54, 1.807) is 6.20 Å². The first kappa shape index (κ1) is 11.1. The predicted molar refractivity (Wildman–Crippen MR) is 75.2 cm³/mol. The highest BCUT2D eigenvalue weighted by Gasteiger charge is 2.35. The normalized spacial score (nSPS) is 15.6. The van der Waals surface area contributed by atoms with Gasteiger partial charge in [0.05, 0.1) is 24.5 Å². The zero-order valence-corrected chi connectivity index (χ0v) is 10.8. The van der Waals surface area contributed by atoms with Gasteiger partial charge in [-0.1, -0.05) is 6.07 Å². The third kappa shape index (κ3) is 1.45. The number of pyridine rings is 1. The second-order valence-corrected chi connectivity index (χ2v) is 4.79. The molecule has 0 spiro atoms. The van der Waals surface area contributed by atoms with Crippen LogP contribution in [0.25, 0.3) is 0 Å². The van der Waals surface area contributed by atoms with Gasteiger partial charge in [0.2, 0.25) is 0 Å². The molecule has 1 aromatic carbocycles. The molecule has 0 fully saturated rings. The van der Waals surface area contributed by atoms with Crippen LogP contribution < -0.4 is 14.5 Å². The lowest BCUT2D eigenvalue weighted by Gasteiger charge is -2.26. The summed E-state index contributed by atoms with van der Waals surface area (Å²) < 4.78 is 5.70. The van der Waals surface area contributed by atoms with Crippen molar-refractivity contribution in [2.45, 2.75) is 0 Å².